The van der Waals surface area contributed by atoms with Crippen molar-refractivity contribution in [2.24, 2.45) is 0 Å². The zero-order valence-corrected chi connectivity index (χ0v) is 20.9. The van der Waals surface area contributed by atoms with Gasteiger partial charge in [-0.3, -0.25) is 9.59 Å². The Morgan fingerprint density at radius 3 is 2.53 bits per heavy atom. The molecule has 34 heavy (non-hydrogen) atoms. The lowest BCUT2D eigenvalue weighted by Gasteiger charge is -2.45. The van der Waals surface area contributed by atoms with Crippen molar-refractivity contribution >= 4 is 22.9 Å². The van der Waals surface area contributed by atoms with Crippen molar-refractivity contribution < 1.29 is 14.0 Å². The van der Waals surface area contributed by atoms with Crippen molar-refractivity contribution in [3.63, 3.8) is 0 Å². The lowest BCUT2D eigenvalue weighted by Crippen LogP contribution is -2.65. The minimum Gasteiger partial charge on any atom is -0.463 e. The Kier molecular flexibility index (Phi) is 6.74. The molecule has 3 heterocycles. The fourth-order valence-corrected chi connectivity index (χ4v) is 6.35. The summed E-state index contributed by atoms with van der Waals surface area (Å²) in [6, 6.07) is 4.50. The molecule has 2 fully saturated rings. The summed E-state index contributed by atoms with van der Waals surface area (Å²) in [7, 11) is 2.17. The predicted octanol–water partition coefficient (Wildman–Crippen LogP) is 4.55. The summed E-state index contributed by atoms with van der Waals surface area (Å²) in [6.45, 7) is 3.72. The van der Waals surface area contributed by atoms with E-state index in [1.54, 1.807) is 6.26 Å². The van der Waals surface area contributed by atoms with E-state index in [4.69, 9.17) is 4.42 Å². The minimum absolute atomic E-state index is 0.0240. The van der Waals surface area contributed by atoms with Crippen LogP contribution in [0.2, 0.25) is 0 Å². The van der Waals surface area contributed by atoms with E-state index in [0.29, 0.717) is 30.4 Å². The molecule has 0 spiro atoms. The molecule has 1 N–H and O–H groups in total. The number of carbonyl (C=O) groups is 2. The third kappa shape index (κ3) is 4.39. The third-order valence-corrected chi connectivity index (χ3v) is 8.60. The third-order valence-electron chi connectivity index (χ3n) is 8.60. The second-order valence-electron chi connectivity index (χ2n) is 11.0. The van der Waals surface area contributed by atoms with Crippen LogP contribution in [-0.2, 0) is 11.3 Å². The molecule has 0 saturated heterocycles. The van der Waals surface area contributed by atoms with Crippen LogP contribution in [0, 0.1) is 0 Å². The second-order valence-corrected chi connectivity index (χ2v) is 11.0. The van der Waals surface area contributed by atoms with Crippen LogP contribution in [-0.4, -0.2) is 63.9 Å². The highest BCUT2D eigenvalue weighted by Crippen LogP contribution is 2.33. The fraction of sp³-hybridized carbons (Fsp3) is 0.704. The van der Waals surface area contributed by atoms with Gasteiger partial charge in [0.15, 0.2) is 5.58 Å². The molecule has 3 aliphatic rings. The van der Waals surface area contributed by atoms with Crippen molar-refractivity contribution in [1.29, 1.82) is 0 Å². The molecule has 1 atom stereocenters. The van der Waals surface area contributed by atoms with Gasteiger partial charge in [-0.25, -0.2) is 0 Å². The van der Waals surface area contributed by atoms with E-state index < -0.39 is 5.54 Å². The number of furan rings is 1. The zero-order chi connectivity index (χ0) is 23.7. The molecule has 2 amide bonds. The van der Waals surface area contributed by atoms with Gasteiger partial charge < -0.3 is 24.1 Å². The van der Waals surface area contributed by atoms with E-state index in [1.165, 1.54) is 44.9 Å². The topological polar surface area (TPSA) is 70.7 Å². The van der Waals surface area contributed by atoms with Crippen LogP contribution in [0.3, 0.4) is 0 Å². The highest BCUT2D eigenvalue weighted by Gasteiger charge is 2.48. The number of fused-ring (bicyclic) bond motifs is 3. The van der Waals surface area contributed by atoms with Crippen LogP contribution in [0.15, 0.2) is 22.8 Å². The van der Waals surface area contributed by atoms with Crippen LogP contribution >= 0.6 is 0 Å². The quantitative estimate of drug-likeness (QED) is 0.632. The lowest BCUT2D eigenvalue weighted by molar-refractivity contribution is -0.133. The largest absolute Gasteiger partial charge is 0.463 e. The van der Waals surface area contributed by atoms with Crippen LogP contribution in [0.5, 0.6) is 0 Å². The van der Waals surface area contributed by atoms with E-state index in [0.717, 1.165) is 37.7 Å². The van der Waals surface area contributed by atoms with Gasteiger partial charge in [0.05, 0.1) is 18.3 Å². The summed E-state index contributed by atoms with van der Waals surface area (Å²) in [6.07, 6.45) is 14.9. The highest BCUT2D eigenvalue weighted by molar-refractivity contribution is 6.02. The van der Waals surface area contributed by atoms with Gasteiger partial charge in [-0.1, -0.05) is 44.9 Å². The Morgan fingerprint density at radius 1 is 1.12 bits per heavy atom. The molecule has 7 heteroatoms. The molecule has 5 rings (SSSR count). The van der Waals surface area contributed by atoms with Crippen LogP contribution < -0.4 is 5.32 Å². The summed E-state index contributed by atoms with van der Waals surface area (Å²) in [5.41, 5.74) is 1.27. The summed E-state index contributed by atoms with van der Waals surface area (Å²) in [4.78, 5) is 31.9. The standard InChI is InChI=1S/C27H40N4O3/c1-27(26(33)28-20-10-6-3-4-7-11-20)19-30-22-14-17-34-24(22)18-23(30)25(32)31(27)16-15-29(2)21-12-8-5-9-13-21/h14,17-18,20-21H,3-13,15-16,19H2,1-2H3,(H,28,33). The molecule has 1 aliphatic heterocycles. The Hall–Kier alpha value is -2.28. The molecule has 7 nitrogen and oxygen atoms in total. The molecule has 2 aromatic rings. The summed E-state index contributed by atoms with van der Waals surface area (Å²) < 4.78 is 7.58. The van der Waals surface area contributed by atoms with Gasteiger partial charge in [0.1, 0.15) is 11.2 Å². The Morgan fingerprint density at radius 2 is 1.79 bits per heavy atom. The number of carbonyl (C=O) groups excluding carboxylic acids is 2. The maximum Gasteiger partial charge on any atom is 0.271 e. The maximum atomic E-state index is 13.9. The van der Waals surface area contributed by atoms with Gasteiger partial charge in [-0.05, 0) is 39.7 Å². The zero-order valence-electron chi connectivity index (χ0n) is 20.9. The van der Waals surface area contributed by atoms with Crippen LogP contribution in [0.1, 0.15) is 88.0 Å². The molecule has 2 saturated carbocycles. The molecule has 1 unspecified atom stereocenters. The minimum atomic E-state index is -0.937. The average Bonchev–Trinajstić information content (AvgIpc) is 3.33. The summed E-state index contributed by atoms with van der Waals surface area (Å²) >= 11 is 0. The second kappa shape index (κ2) is 9.76. The lowest BCUT2D eigenvalue weighted by atomic mass is 9.93. The monoisotopic (exact) mass is 468 g/mol. The Balaban J connectivity index is 1.40. The fourth-order valence-electron chi connectivity index (χ4n) is 6.35. The molecule has 2 aromatic heterocycles. The smallest absolute Gasteiger partial charge is 0.271 e. The van der Waals surface area contributed by atoms with E-state index in [2.05, 4.69) is 17.3 Å². The molecule has 2 aliphatic carbocycles. The number of likely N-dealkylation sites (N-methyl/N-ethyl adjacent to an activating group) is 1. The number of aromatic nitrogens is 1. The molecule has 0 radical (unpaired) electrons. The molecule has 186 valence electrons. The van der Waals surface area contributed by atoms with Crippen molar-refractivity contribution in [2.75, 3.05) is 20.1 Å². The molecule has 0 bridgehead atoms. The van der Waals surface area contributed by atoms with Gasteiger partial charge in [0, 0.05) is 37.3 Å². The van der Waals surface area contributed by atoms with E-state index in [1.807, 2.05) is 28.5 Å². The number of hydrogen-bond donors (Lipinski definition) is 1. The first kappa shape index (κ1) is 23.5. The van der Waals surface area contributed by atoms with Gasteiger partial charge in [-0.2, -0.15) is 0 Å². The van der Waals surface area contributed by atoms with E-state index in [9.17, 15) is 9.59 Å². The molecular formula is C27H40N4O3. The maximum absolute atomic E-state index is 13.9. The number of hydrogen-bond acceptors (Lipinski definition) is 4. The van der Waals surface area contributed by atoms with Gasteiger partial charge in [-0.15, -0.1) is 0 Å². The Bertz CT molecular complexity index is 1010. The predicted molar refractivity (Wildman–Crippen MR) is 133 cm³/mol. The SMILES string of the molecule is CN(CCN1C(=O)c2cc3occc3n2CC1(C)C(=O)NC1CCCCCC1)C1CCCCC1. The normalized spacial score (nSPS) is 25.0. The van der Waals surface area contributed by atoms with Crippen molar-refractivity contribution in [3.05, 3.63) is 24.1 Å². The number of nitrogens with one attached hydrogen (secondary N) is 1. The van der Waals surface area contributed by atoms with E-state index in [-0.39, 0.29) is 17.9 Å². The van der Waals surface area contributed by atoms with Crippen molar-refractivity contribution in [3.8, 4) is 0 Å². The van der Waals surface area contributed by atoms with Gasteiger partial charge >= 0.3 is 0 Å². The number of nitrogens with zero attached hydrogens (tertiary/aromatic N) is 3. The van der Waals surface area contributed by atoms with Gasteiger partial charge in [0.25, 0.3) is 5.91 Å². The summed E-state index contributed by atoms with van der Waals surface area (Å²) in [5, 5.41) is 3.35. The first-order valence-corrected chi connectivity index (χ1v) is 13.4. The first-order chi connectivity index (χ1) is 16.5. The van der Waals surface area contributed by atoms with Gasteiger partial charge in [0.2, 0.25) is 5.91 Å². The molecular weight excluding hydrogens is 428 g/mol. The number of amides is 2. The van der Waals surface area contributed by atoms with Crippen LogP contribution in [0.25, 0.3) is 11.1 Å². The number of rotatable bonds is 6. The first-order valence-electron chi connectivity index (χ1n) is 13.4. The van der Waals surface area contributed by atoms with E-state index >= 15 is 0 Å². The molecule has 0 aromatic carbocycles. The van der Waals surface area contributed by atoms with Crippen molar-refractivity contribution in [1.82, 2.24) is 19.7 Å². The van der Waals surface area contributed by atoms with Crippen LogP contribution in [0.4, 0.5) is 0 Å². The highest BCUT2D eigenvalue weighted by atomic mass is 16.3. The Labute approximate surface area is 202 Å². The van der Waals surface area contributed by atoms with Crippen molar-refractivity contribution in [2.45, 2.75) is 102 Å². The average molecular weight is 469 g/mol. The summed E-state index contributed by atoms with van der Waals surface area (Å²) in [5.74, 6) is -0.0997.